The Bertz CT molecular complexity index is 535. The summed E-state index contributed by atoms with van der Waals surface area (Å²) in [6.07, 6.45) is 2.43. The Balaban J connectivity index is 1.79. The highest BCUT2D eigenvalue weighted by atomic mass is 19.1. The maximum Gasteiger partial charge on any atom is 0.250 e. The molecule has 2 aromatic rings. The lowest BCUT2D eigenvalue weighted by atomic mass is 10.2. The van der Waals surface area contributed by atoms with Gasteiger partial charge in [0.2, 0.25) is 5.89 Å². The van der Waals surface area contributed by atoms with E-state index in [9.17, 15) is 4.39 Å². The van der Waals surface area contributed by atoms with Gasteiger partial charge in [0.25, 0.3) is 5.89 Å². The van der Waals surface area contributed by atoms with Crippen molar-refractivity contribution in [3.63, 3.8) is 0 Å². The fourth-order valence-corrected chi connectivity index (χ4v) is 2.19. The van der Waals surface area contributed by atoms with Crippen molar-refractivity contribution in [1.29, 1.82) is 0 Å². The molecule has 0 N–H and O–H groups in total. The third-order valence-electron chi connectivity index (χ3n) is 3.13. The van der Waals surface area contributed by atoms with Crippen LogP contribution in [0.3, 0.4) is 0 Å². The fourth-order valence-electron chi connectivity index (χ4n) is 2.19. The molecule has 0 spiro atoms. The first kappa shape index (κ1) is 11.3. The van der Waals surface area contributed by atoms with E-state index in [-0.39, 0.29) is 11.7 Å². The predicted octanol–water partition coefficient (Wildman–Crippen LogP) is 2.47. The molecule has 0 radical (unpaired) electrons. The van der Waals surface area contributed by atoms with Crippen molar-refractivity contribution in [3.05, 3.63) is 36.0 Å². The van der Waals surface area contributed by atoms with Crippen LogP contribution >= 0.6 is 0 Å². The number of aromatic nitrogens is 2. The van der Waals surface area contributed by atoms with Crippen LogP contribution < -0.4 is 0 Å². The molecule has 4 nitrogen and oxygen atoms in total. The van der Waals surface area contributed by atoms with Crippen molar-refractivity contribution in [2.24, 2.45) is 0 Å². The molecule has 1 aromatic carbocycles. The van der Waals surface area contributed by atoms with E-state index >= 15 is 0 Å². The van der Waals surface area contributed by atoms with Crippen LogP contribution in [0.2, 0.25) is 0 Å². The van der Waals surface area contributed by atoms with Gasteiger partial charge in [0.05, 0.1) is 12.1 Å². The average Bonchev–Trinajstić information content (AvgIpc) is 3.02. The number of halogens is 1. The molecule has 0 saturated carbocycles. The van der Waals surface area contributed by atoms with Crippen LogP contribution in [0.5, 0.6) is 0 Å². The average molecular weight is 247 g/mol. The number of benzene rings is 1. The van der Waals surface area contributed by atoms with Crippen molar-refractivity contribution < 1.29 is 8.81 Å². The molecule has 1 aliphatic rings. The van der Waals surface area contributed by atoms with Gasteiger partial charge in [-0.25, -0.2) is 4.39 Å². The molecule has 2 heterocycles. The lowest BCUT2D eigenvalue weighted by Gasteiger charge is -2.10. The Morgan fingerprint density at radius 1 is 1.17 bits per heavy atom. The van der Waals surface area contributed by atoms with E-state index in [2.05, 4.69) is 15.1 Å². The fraction of sp³-hybridized carbons (Fsp3) is 0.385. The second kappa shape index (κ2) is 4.86. The summed E-state index contributed by atoms with van der Waals surface area (Å²) in [6, 6.07) is 6.42. The maximum atomic E-state index is 13.6. The molecule has 1 fully saturated rings. The summed E-state index contributed by atoms with van der Waals surface area (Å²) >= 11 is 0. The Morgan fingerprint density at radius 3 is 2.72 bits per heavy atom. The Hall–Kier alpha value is -1.75. The normalized spacial score (nSPS) is 16.3. The molecule has 0 bridgehead atoms. The molecule has 1 aromatic heterocycles. The van der Waals surface area contributed by atoms with Gasteiger partial charge in [0, 0.05) is 0 Å². The Labute approximate surface area is 104 Å². The smallest absolute Gasteiger partial charge is 0.250 e. The van der Waals surface area contributed by atoms with Crippen LogP contribution in [-0.4, -0.2) is 28.2 Å². The first-order valence-electron chi connectivity index (χ1n) is 6.12. The standard InChI is InChI=1S/C13H14FN3O/c14-11-6-2-1-5-10(11)13-16-15-12(18-13)9-17-7-3-4-8-17/h1-2,5-6H,3-4,7-9H2. The second-order valence-corrected chi connectivity index (χ2v) is 4.46. The zero-order valence-corrected chi connectivity index (χ0v) is 9.97. The number of likely N-dealkylation sites (tertiary alicyclic amines) is 1. The van der Waals surface area contributed by atoms with Crippen LogP contribution in [0.1, 0.15) is 18.7 Å². The van der Waals surface area contributed by atoms with Gasteiger partial charge in [-0.05, 0) is 38.1 Å². The minimum Gasteiger partial charge on any atom is -0.419 e. The van der Waals surface area contributed by atoms with Crippen LogP contribution in [0.25, 0.3) is 11.5 Å². The third-order valence-corrected chi connectivity index (χ3v) is 3.13. The second-order valence-electron chi connectivity index (χ2n) is 4.46. The van der Waals surface area contributed by atoms with Gasteiger partial charge in [0.15, 0.2) is 0 Å². The molecular formula is C13H14FN3O. The van der Waals surface area contributed by atoms with Gasteiger partial charge < -0.3 is 4.42 Å². The third kappa shape index (κ3) is 2.26. The van der Waals surface area contributed by atoms with Crippen molar-refractivity contribution in [2.45, 2.75) is 19.4 Å². The molecule has 0 amide bonds. The van der Waals surface area contributed by atoms with E-state index in [1.807, 2.05) is 0 Å². The van der Waals surface area contributed by atoms with Crippen molar-refractivity contribution in [2.75, 3.05) is 13.1 Å². The molecule has 1 aliphatic heterocycles. The van der Waals surface area contributed by atoms with Gasteiger partial charge in [-0.1, -0.05) is 12.1 Å². The number of nitrogens with zero attached hydrogens (tertiary/aromatic N) is 3. The van der Waals surface area contributed by atoms with Crippen molar-refractivity contribution >= 4 is 0 Å². The maximum absolute atomic E-state index is 13.6. The van der Waals surface area contributed by atoms with Crippen molar-refractivity contribution in [3.8, 4) is 11.5 Å². The van der Waals surface area contributed by atoms with E-state index in [1.165, 1.54) is 18.9 Å². The first-order chi connectivity index (χ1) is 8.83. The van der Waals surface area contributed by atoms with Gasteiger partial charge >= 0.3 is 0 Å². The summed E-state index contributed by atoms with van der Waals surface area (Å²) < 4.78 is 19.1. The van der Waals surface area contributed by atoms with Gasteiger partial charge in [-0.2, -0.15) is 0 Å². The number of hydrogen-bond donors (Lipinski definition) is 0. The van der Waals surface area contributed by atoms with Gasteiger partial charge in [0.1, 0.15) is 5.82 Å². The molecule has 0 atom stereocenters. The summed E-state index contributed by atoms with van der Waals surface area (Å²) in [5.74, 6) is 0.464. The summed E-state index contributed by atoms with van der Waals surface area (Å²) in [5.41, 5.74) is 0.359. The number of rotatable bonds is 3. The molecule has 3 rings (SSSR count). The van der Waals surface area contributed by atoms with Gasteiger partial charge in [-0.15, -0.1) is 10.2 Å². The van der Waals surface area contributed by atoms with Crippen LogP contribution in [0, 0.1) is 5.82 Å². The van der Waals surface area contributed by atoms with E-state index in [0.29, 0.717) is 18.0 Å². The largest absolute Gasteiger partial charge is 0.419 e. The molecule has 5 heteroatoms. The predicted molar refractivity (Wildman–Crippen MR) is 64.2 cm³/mol. The molecule has 18 heavy (non-hydrogen) atoms. The van der Waals surface area contributed by atoms with E-state index in [4.69, 9.17) is 4.42 Å². The number of hydrogen-bond acceptors (Lipinski definition) is 4. The molecular weight excluding hydrogens is 233 g/mol. The highest BCUT2D eigenvalue weighted by molar-refractivity contribution is 5.53. The molecule has 1 saturated heterocycles. The summed E-state index contributed by atoms with van der Waals surface area (Å²) in [6.45, 7) is 2.79. The van der Waals surface area contributed by atoms with Gasteiger partial charge in [-0.3, -0.25) is 4.90 Å². The first-order valence-corrected chi connectivity index (χ1v) is 6.12. The quantitative estimate of drug-likeness (QED) is 0.835. The monoisotopic (exact) mass is 247 g/mol. The summed E-state index contributed by atoms with van der Waals surface area (Å²) in [5, 5.41) is 7.88. The highest BCUT2D eigenvalue weighted by Crippen LogP contribution is 2.21. The van der Waals surface area contributed by atoms with Crippen molar-refractivity contribution in [1.82, 2.24) is 15.1 Å². The highest BCUT2D eigenvalue weighted by Gasteiger charge is 2.17. The zero-order chi connectivity index (χ0) is 12.4. The minimum atomic E-state index is -0.339. The Morgan fingerprint density at radius 2 is 1.94 bits per heavy atom. The topological polar surface area (TPSA) is 42.2 Å². The minimum absolute atomic E-state index is 0.252. The van der Waals surface area contributed by atoms with E-state index in [1.54, 1.807) is 18.2 Å². The molecule has 94 valence electrons. The molecule has 0 unspecified atom stereocenters. The Kier molecular flexibility index (Phi) is 3.06. The lowest BCUT2D eigenvalue weighted by Crippen LogP contribution is -2.18. The molecule has 0 aliphatic carbocycles. The van der Waals surface area contributed by atoms with Crippen LogP contribution in [0.15, 0.2) is 28.7 Å². The zero-order valence-electron chi connectivity index (χ0n) is 9.97. The van der Waals surface area contributed by atoms with E-state index < -0.39 is 0 Å². The lowest BCUT2D eigenvalue weighted by molar-refractivity contribution is 0.292. The van der Waals surface area contributed by atoms with Crippen LogP contribution in [-0.2, 0) is 6.54 Å². The summed E-state index contributed by atoms with van der Waals surface area (Å²) in [4.78, 5) is 2.26. The summed E-state index contributed by atoms with van der Waals surface area (Å²) in [7, 11) is 0. The SMILES string of the molecule is Fc1ccccc1-c1nnc(CN2CCCC2)o1. The van der Waals surface area contributed by atoms with Crippen LogP contribution in [0.4, 0.5) is 4.39 Å². The van der Waals surface area contributed by atoms with E-state index in [0.717, 1.165) is 13.1 Å².